The smallest absolute Gasteiger partial charge is 0.246 e. The lowest BCUT2D eigenvalue weighted by Crippen LogP contribution is -2.31. The molecule has 0 radical (unpaired) electrons. The highest BCUT2D eigenvalue weighted by Crippen LogP contribution is 2.16. The molecule has 1 aliphatic heterocycles. The molecule has 8 heteroatoms. The standard InChI is InChI=1S/C13H17N7O/c21-12(8-20-10-14-9-17-20)18-11-6-15-13(16-7-11)19-4-2-1-3-5-19/h6-7,9-10H,1-5,8H2,(H,18,21). The average Bonchev–Trinajstić information content (AvgIpc) is 3.02. The van der Waals surface area contributed by atoms with Gasteiger partial charge in [-0.3, -0.25) is 4.79 Å². The number of carbonyl (C=O) groups excluding carboxylic acids is 1. The van der Waals surface area contributed by atoms with Gasteiger partial charge in [-0.2, -0.15) is 5.10 Å². The molecule has 3 heterocycles. The summed E-state index contributed by atoms with van der Waals surface area (Å²) in [4.78, 5) is 26.4. The third-order valence-electron chi connectivity index (χ3n) is 3.33. The van der Waals surface area contributed by atoms with E-state index in [-0.39, 0.29) is 12.5 Å². The zero-order chi connectivity index (χ0) is 14.5. The lowest BCUT2D eigenvalue weighted by atomic mass is 10.1. The number of aromatic nitrogens is 5. The minimum atomic E-state index is -0.185. The number of carbonyl (C=O) groups is 1. The highest BCUT2D eigenvalue weighted by molar-refractivity contribution is 5.90. The Hall–Kier alpha value is -2.51. The summed E-state index contributed by atoms with van der Waals surface area (Å²) >= 11 is 0. The molecule has 110 valence electrons. The van der Waals surface area contributed by atoms with Crippen LogP contribution in [0, 0.1) is 0 Å². The van der Waals surface area contributed by atoms with Crippen molar-refractivity contribution in [2.75, 3.05) is 23.3 Å². The summed E-state index contributed by atoms with van der Waals surface area (Å²) in [6.45, 7) is 2.11. The van der Waals surface area contributed by atoms with Crippen LogP contribution in [0.2, 0.25) is 0 Å². The van der Waals surface area contributed by atoms with Crippen molar-refractivity contribution in [3.63, 3.8) is 0 Å². The van der Waals surface area contributed by atoms with Gasteiger partial charge in [0.15, 0.2) is 0 Å². The Bertz CT molecular complexity index is 575. The SMILES string of the molecule is O=C(Cn1cncn1)Nc1cnc(N2CCCCC2)nc1. The molecule has 1 amide bonds. The molecule has 1 saturated heterocycles. The van der Waals surface area contributed by atoms with Crippen LogP contribution in [0.1, 0.15) is 19.3 Å². The van der Waals surface area contributed by atoms with Crippen molar-refractivity contribution in [1.82, 2.24) is 24.7 Å². The van der Waals surface area contributed by atoms with E-state index in [0.29, 0.717) is 5.69 Å². The van der Waals surface area contributed by atoms with E-state index < -0.39 is 0 Å². The van der Waals surface area contributed by atoms with Crippen molar-refractivity contribution in [1.29, 1.82) is 0 Å². The van der Waals surface area contributed by atoms with Crippen LogP contribution in [-0.2, 0) is 11.3 Å². The number of nitrogens with one attached hydrogen (secondary N) is 1. The molecule has 21 heavy (non-hydrogen) atoms. The second-order valence-corrected chi connectivity index (χ2v) is 4.96. The highest BCUT2D eigenvalue weighted by Gasteiger charge is 2.13. The van der Waals surface area contributed by atoms with E-state index in [0.717, 1.165) is 19.0 Å². The first kappa shape index (κ1) is 13.5. The summed E-state index contributed by atoms with van der Waals surface area (Å²) < 4.78 is 1.46. The van der Waals surface area contributed by atoms with Gasteiger partial charge in [0.1, 0.15) is 19.2 Å². The van der Waals surface area contributed by atoms with Crippen molar-refractivity contribution in [2.45, 2.75) is 25.8 Å². The van der Waals surface area contributed by atoms with Gasteiger partial charge in [0.05, 0.1) is 18.1 Å². The van der Waals surface area contributed by atoms with Crippen molar-refractivity contribution in [2.24, 2.45) is 0 Å². The van der Waals surface area contributed by atoms with Gasteiger partial charge < -0.3 is 10.2 Å². The molecule has 8 nitrogen and oxygen atoms in total. The van der Waals surface area contributed by atoms with E-state index in [1.165, 1.54) is 36.6 Å². The van der Waals surface area contributed by atoms with E-state index in [2.05, 4.69) is 30.3 Å². The maximum Gasteiger partial charge on any atom is 0.246 e. The van der Waals surface area contributed by atoms with Crippen LogP contribution >= 0.6 is 0 Å². The Labute approximate surface area is 122 Å². The number of amides is 1. The van der Waals surface area contributed by atoms with Crippen LogP contribution in [-0.4, -0.2) is 43.7 Å². The summed E-state index contributed by atoms with van der Waals surface area (Å²) in [6, 6.07) is 0. The molecule has 1 fully saturated rings. The molecule has 3 rings (SSSR count). The van der Waals surface area contributed by atoms with Gasteiger partial charge in [-0.25, -0.2) is 19.6 Å². The number of piperidine rings is 1. The summed E-state index contributed by atoms with van der Waals surface area (Å²) in [5, 5.41) is 6.62. The number of rotatable bonds is 4. The van der Waals surface area contributed by atoms with Crippen molar-refractivity contribution in [3.8, 4) is 0 Å². The maximum absolute atomic E-state index is 11.8. The molecule has 0 saturated carbocycles. The first-order valence-electron chi connectivity index (χ1n) is 7.00. The number of hydrogen-bond donors (Lipinski definition) is 1. The predicted octanol–water partition coefficient (Wildman–Crippen LogP) is 0.697. The normalized spacial score (nSPS) is 15.0. The average molecular weight is 287 g/mol. The van der Waals surface area contributed by atoms with Crippen LogP contribution in [0.15, 0.2) is 25.0 Å². The summed E-state index contributed by atoms with van der Waals surface area (Å²) in [5.41, 5.74) is 0.584. The van der Waals surface area contributed by atoms with E-state index >= 15 is 0 Å². The van der Waals surface area contributed by atoms with Crippen LogP contribution in [0.25, 0.3) is 0 Å². The number of hydrogen-bond acceptors (Lipinski definition) is 6. The maximum atomic E-state index is 11.8. The largest absolute Gasteiger partial charge is 0.341 e. The Kier molecular flexibility index (Phi) is 4.04. The fraction of sp³-hybridized carbons (Fsp3) is 0.462. The van der Waals surface area contributed by atoms with Gasteiger partial charge in [0.2, 0.25) is 11.9 Å². The van der Waals surface area contributed by atoms with Crippen molar-refractivity contribution >= 4 is 17.5 Å². The quantitative estimate of drug-likeness (QED) is 0.890. The second-order valence-electron chi connectivity index (χ2n) is 4.96. The zero-order valence-corrected chi connectivity index (χ0v) is 11.6. The van der Waals surface area contributed by atoms with Gasteiger partial charge in [-0.1, -0.05) is 0 Å². The summed E-state index contributed by atoms with van der Waals surface area (Å²) in [5.74, 6) is 0.541. The lowest BCUT2D eigenvalue weighted by Gasteiger charge is -2.26. The van der Waals surface area contributed by atoms with Crippen LogP contribution < -0.4 is 10.2 Å². The van der Waals surface area contributed by atoms with Crippen LogP contribution in [0.5, 0.6) is 0 Å². The van der Waals surface area contributed by atoms with Gasteiger partial charge in [0.25, 0.3) is 0 Å². The fourth-order valence-corrected chi connectivity index (χ4v) is 2.31. The first-order valence-corrected chi connectivity index (χ1v) is 7.00. The molecule has 2 aromatic rings. The van der Waals surface area contributed by atoms with Gasteiger partial charge >= 0.3 is 0 Å². The third-order valence-corrected chi connectivity index (χ3v) is 3.33. The Morgan fingerprint density at radius 3 is 2.62 bits per heavy atom. The molecule has 0 spiro atoms. The third kappa shape index (κ3) is 3.53. The van der Waals surface area contributed by atoms with E-state index in [4.69, 9.17) is 0 Å². The van der Waals surface area contributed by atoms with E-state index in [9.17, 15) is 4.79 Å². The fourth-order valence-electron chi connectivity index (χ4n) is 2.31. The lowest BCUT2D eigenvalue weighted by molar-refractivity contribution is -0.116. The minimum Gasteiger partial charge on any atom is -0.341 e. The van der Waals surface area contributed by atoms with Gasteiger partial charge in [-0.15, -0.1) is 0 Å². The van der Waals surface area contributed by atoms with Crippen LogP contribution in [0.4, 0.5) is 11.6 Å². The van der Waals surface area contributed by atoms with Crippen molar-refractivity contribution in [3.05, 3.63) is 25.0 Å². The number of nitrogens with zero attached hydrogens (tertiary/aromatic N) is 6. The summed E-state index contributed by atoms with van der Waals surface area (Å²) in [6.07, 6.45) is 9.79. The Morgan fingerprint density at radius 2 is 1.95 bits per heavy atom. The number of anilines is 2. The molecular weight excluding hydrogens is 270 g/mol. The topological polar surface area (TPSA) is 88.8 Å². The molecule has 0 bridgehead atoms. The monoisotopic (exact) mass is 287 g/mol. The van der Waals surface area contributed by atoms with E-state index in [1.807, 2.05) is 0 Å². The van der Waals surface area contributed by atoms with Crippen molar-refractivity contribution < 1.29 is 4.79 Å². The molecule has 0 aliphatic carbocycles. The molecular formula is C13H17N7O. The molecule has 0 aromatic carbocycles. The molecule has 2 aromatic heterocycles. The Balaban J connectivity index is 1.57. The Morgan fingerprint density at radius 1 is 1.19 bits per heavy atom. The minimum absolute atomic E-state index is 0.119. The molecule has 1 aliphatic rings. The van der Waals surface area contributed by atoms with Gasteiger partial charge in [0, 0.05) is 13.1 Å². The van der Waals surface area contributed by atoms with E-state index in [1.54, 1.807) is 12.4 Å². The molecule has 0 atom stereocenters. The summed E-state index contributed by atoms with van der Waals surface area (Å²) in [7, 11) is 0. The van der Waals surface area contributed by atoms with Crippen LogP contribution in [0.3, 0.4) is 0 Å². The zero-order valence-electron chi connectivity index (χ0n) is 11.6. The first-order chi connectivity index (χ1) is 10.3. The predicted molar refractivity (Wildman–Crippen MR) is 76.7 cm³/mol. The molecule has 0 unspecified atom stereocenters. The second kappa shape index (κ2) is 6.29. The highest BCUT2D eigenvalue weighted by atomic mass is 16.2. The van der Waals surface area contributed by atoms with Gasteiger partial charge in [-0.05, 0) is 19.3 Å². The molecule has 1 N–H and O–H groups in total.